The van der Waals surface area contributed by atoms with Gasteiger partial charge < -0.3 is 4.90 Å². The maximum Gasteiger partial charge on any atom is 0.240 e. The summed E-state index contributed by atoms with van der Waals surface area (Å²) in [5.74, 6) is -0.673. The van der Waals surface area contributed by atoms with Crippen LogP contribution in [-0.2, 0) is 14.8 Å². The lowest BCUT2D eigenvalue weighted by atomic mass is 10.4. The maximum atomic E-state index is 12.7. The molecule has 0 atom stereocenters. The molecular weight excluding hydrogens is 259 g/mol. The fourth-order valence-electron chi connectivity index (χ4n) is 1.21. The summed E-state index contributed by atoms with van der Waals surface area (Å²) in [5.41, 5.74) is 0. The summed E-state index contributed by atoms with van der Waals surface area (Å²) in [6, 6.07) is 4.48. The standard InChI is InChI=1S/C11H15FN2O3S/c1-14(2)11(15)7-8-13-18(16,17)10-5-3-9(12)4-6-10/h3-6,13H,7-8H2,1-2H3. The highest BCUT2D eigenvalue weighted by Gasteiger charge is 2.14. The number of nitrogens with zero attached hydrogens (tertiary/aromatic N) is 1. The first kappa shape index (κ1) is 14.6. The van der Waals surface area contributed by atoms with E-state index in [1.807, 2.05) is 0 Å². The van der Waals surface area contributed by atoms with Crippen LogP contribution in [0.1, 0.15) is 6.42 Å². The number of benzene rings is 1. The van der Waals surface area contributed by atoms with E-state index in [0.717, 1.165) is 12.1 Å². The van der Waals surface area contributed by atoms with Gasteiger partial charge in [0.1, 0.15) is 5.82 Å². The molecule has 1 aromatic carbocycles. The summed E-state index contributed by atoms with van der Waals surface area (Å²) in [7, 11) is -0.498. The highest BCUT2D eigenvalue weighted by atomic mass is 32.2. The van der Waals surface area contributed by atoms with Crippen molar-refractivity contribution in [3.05, 3.63) is 30.1 Å². The van der Waals surface area contributed by atoms with Gasteiger partial charge in [0.05, 0.1) is 4.90 Å². The number of rotatable bonds is 5. The first-order valence-electron chi connectivity index (χ1n) is 5.28. The van der Waals surface area contributed by atoms with Gasteiger partial charge in [0.15, 0.2) is 0 Å². The molecule has 0 saturated carbocycles. The minimum atomic E-state index is -3.69. The minimum Gasteiger partial charge on any atom is -0.349 e. The molecule has 100 valence electrons. The topological polar surface area (TPSA) is 66.5 Å². The third kappa shape index (κ3) is 4.08. The number of hydrogen-bond acceptors (Lipinski definition) is 3. The van der Waals surface area contributed by atoms with Crippen molar-refractivity contribution in [1.29, 1.82) is 0 Å². The van der Waals surface area contributed by atoms with E-state index >= 15 is 0 Å². The lowest BCUT2D eigenvalue weighted by Crippen LogP contribution is -2.30. The zero-order valence-corrected chi connectivity index (χ0v) is 11.0. The van der Waals surface area contributed by atoms with Gasteiger partial charge in [-0.3, -0.25) is 4.79 Å². The average molecular weight is 274 g/mol. The molecule has 0 bridgehead atoms. The van der Waals surface area contributed by atoms with Crippen molar-refractivity contribution in [2.75, 3.05) is 20.6 Å². The molecule has 1 N–H and O–H groups in total. The lowest BCUT2D eigenvalue weighted by molar-refractivity contribution is -0.128. The van der Waals surface area contributed by atoms with Crippen LogP contribution < -0.4 is 4.72 Å². The van der Waals surface area contributed by atoms with Crippen molar-refractivity contribution in [1.82, 2.24) is 9.62 Å². The number of halogens is 1. The van der Waals surface area contributed by atoms with Crippen molar-refractivity contribution in [2.45, 2.75) is 11.3 Å². The van der Waals surface area contributed by atoms with E-state index in [0.29, 0.717) is 0 Å². The molecule has 0 heterocycles. The van der Waals surface area contributed by atoms with E-state index in [1.54, 1.807) is 14.1 Å². The molecule has 0 spiro atoms. The lowest BCUT2D eigenvalue weighted by Gasteiger charge is -2.10. The van der Waals surface area contributed by atoms with Crippen LogP contribution in [0, 0.1) is 5.82 Å². The molecule has 0 aliphatic carbocycles. The number of hydrogen-bond donors (Lipinski definition) is 1. The Morgan fingerprint density at radius 2 is 1.83 bits per heavy atom. The SMILES string of the molecule is CN(C)C(=O)CCNS(=O)(=O)c1ccc(F)cc1. The Morgan fingerprint density at radius 3 is 2.33 bits per heavy atom. The van der Waals surface area contributed by atoms with Gasteiger partial charge >= 0.3 is 0 Å². The van der Waals surface area contributed by atoms with Gasteiger partial charge in [0, 0.05) is 27.1 Å². The first-order chi connectivity index (χ1) is 8.33. The van der Waals surface area contributed by atoms with Crippen LogP contribution in [0.2, 0.25) is 0 Å². The summed E-state index contributed by atoms with van der Waals surface area (Å²) in [4.78, 5) is 12.6. The van der Waals surface area contributed by atoms with Crippen LogP contribution in [0.15, 0.2) is 29.2 Å². The predicted octanol–water partition coefficient (Wildman–Crippen LogP) is 0.582. The molecule has 0 aliphatic rings. The molecule has 0 saturated heterocycles. The van der Waals surface area contributed by atoms with Gasteiger partial charge in [-0.15, -0.1) is 0 Å². The summed E-state index contributed by atoms with van der Waals surface area (Å²) in [6.07, 6.45) is 0.0768. The van der Waals surface area contributed by atoms with Crippen molar-refractivity contribution in [3.63, 3.8) is 0 Å². The molecule has 0 fully saturated rings. The van der Waals surface area contributed by atoms with Gasteiger partial charge in [-0.1, -0.05) is 0 Å². The highest BCUT2D eigenvalue weighted by molar-refractivity contribution is 7.89. The number of carbonyl (C=O) groups is 1. The van der Waals surface area contributed by atoms with E-state index in [2.05, 4.69) is 4.72 Å². The van der Waals surface area contributed by atoms with Gasteiger partial charge in [0.25, 0.3) is 0 Å². The molecule has 18 heavy (non-hydrogen) atoms. The zero-order chi connectivity index (χ0) is 13.8. The molecule has 0 aromatic heterocycles. The third-order valence-electron chi connectivity index (χ3n) is 2.25. The average Bonchev–Trinajstić information content (AvgIpc) is 2.29. The molecule has 0 unspecified atom stereocenters. The first-order valence-corrected chi connectivity index (χ1v) is 6.76. The van der Waals surface area contributed by atoms with E-state index < -0.39 is 15.8 Å². The van der Waals surface area contributed by atoms with Crippen LogP contribution in [0.5, 0.6) is 0 Å². The Bertz CT molecular complexity index is 512. The molecule has 0 aliphatic heterocycles. The van der Waals surface area contributed by atoms with Crippen molar-refractivity contribution in [2.24, 2.45) is 0 Å². The quantitative estimate of drug-likeness (QED) is 0.854. The Kier molecular flexibility index (Phi) is 4.80. The summed E-state index contributed by atoms with van der Waals surface area (Å²) >= 11 is 0. The fourth-order valence-corrected chi connectivity index (χ4v) is 2.24. The maximum absolute atomic E-state index is 12.7. The molecule has 1 rings (SSSR count). The van der Waals surface area contributed by atoms with Crippen LogP contribution in [0.4, 0.5) is 4.39 Å². The van der Waals surface area contributed by atoms with E-state index in [-0.39, 0.29) is 23.8 Å². The van der Waals surface area contributed by atoms with Gasteiger partial charge in [-0.25, -0.2) is 17.5 Å². The van der Waals surface area contributed by atoms with Crippen molar-refractivity contribution < 1.29 is 17.6 Å². The minimum absolute atomic E-state index is 0.0106. The smallest absolute Gasteiger partial charge is 0.240 e. The second-order valence-electron chi connectivity index (χ2n) is 3.89. The molecule has 1 aromatic rings. The summed E-state index contributed by atoms with van der Waals surface area (Å²) in [6.45, 7) is 0.0106. The van der Waals surface area contributed by atoms with E-state index in [4.69, 9.17) is 0 Å². The number of carbonyl (C=O) groups excluding carboxylic acids is 1. The van der Waals surface area contributed by atoms with Gasteiger partial charge in [-0.05, 0) is 24.3 Å². The van der Waals surface area contributed by atoms with Crippen LogP contribution in [-0.4, -0.2) is 39.9 Å². The number of nitrogens with one attached hydrogen (secondary N) is 1. The molecular formula is C11H15FN2O3S. The highest BCUT2D eigenvalue weighted by Crippen LogP contribution is 2.09. The third-order valence-corrected chi connectivity index (χ3v) is 3.73. The molecule has 5 nitrogen and oxygen atoms in total. The predicted molar refractivity (Wildman–Crippen MR) is 64.9 cm³/mol. The van der Waals surface area contributed by atoms with Crippen molar-refractivity contribution >= 4 is 15.9 Å². The van der Waals surface area contributed by atoms with Gasteiger partial charge in [0.2, 0.25) is 15.9 Å². The normalized spacial score (nSPS) is 11.3. The summed E-state index contributed by atoms with van der Waals surface area (Å²) in [5, 5.41) is 0. The van der Waals surface area contributed by atoms with Crippen molar-refractivity contribution in [3.8, 4) is 0 Å². The second kappa shape index (κ2) is 5.92. The summed E-state index contributed by atoms with van der Waals surface area (Å²) < 4.78 is 38.4. The molecule has 7 heteroatoms. The Balaban J connectivity index is 2.61. The Hall–Kier alpha value is -1.47. The van der Waals surface area contributed by atoms with E-state index in [9.17, 15) is 17.6 Å². The fraction of sp³-hybridized carbons (Fsp3) is 0.364. The molecule has 0 radical (unpaired) electrons. The van der Waals surface area contributed by atoms with Crippen LogP contribution in [0.3, 0.4) is 0 Å². The van der Waals surface area contributed by atoms with Crippen LogP contribution in [0.25, 0.3) is 0 Å². The second-order valence-corrected chi connectivity index (χ2v) is 5.66. The van der Waals surface area contributed by atoms with E-state index in [1.165, 1.54) is 17.0 Å². The number of amides is 1. The van der Waals surface area contributed by atoms with Crippen LogP contribution >= 0.6 is 0 Å². The van der Waals surface area contributed by atoms with Gasteiger partial charge in [-0.2, -0.15) is 0 Å². The monoisotopic (exact) mass is 274 g/mol. The Labute approximate surface area is 106 Å². The number of sulfonamides is 1. The zero-order valence-electron chi connectivity index (χ0n) is 10.2. The molecule has 1 amide bonds. The largest absolute Gasteiger partial charge is 0.349 e. The Morgan fingerprint density at radius 1 is 1.28 bits per heavy atom.